The van der Waals surface area contributed by atoms with Gasteiger partial charge in [-0.15, -0.1) is 0 Å². The van der Waals surface area contributed by atoms with Gasteiger partial charge in [0.15, 0.2) is 9.84 Å². The van der Waals surface area contributed by atoms with Gasteiger partial charge in [0.2, 0.25) is 0 Å². The van der Waals surface area contributed by atoms with E-state index >= 15 is 0 Å². The van der Waals surface area contributed by atoms with Gasteiger partial charge in [-0.3, -0.25) is 0 Å². The Hall–Kier alpha value is -1.21. The zero-order valence-corrected chi connectivity index (χ0v) is 11.8. The molecule has 0 unspecified atom stereocenters. The Kier molecular flexibility index (Phi) is 5.03. The minimum absolute atomic E-state index is 0.0937. The Balaban J connectivity index is 0.000000492. The molecule has 1 aliphatic rings. The molecule has 100 valence electrons. The van der Waals surface area contributed by atoms with Crippen molar-refractivity contribution in [3.63, 3.8) is 0 Å². The van der Waals surface area contributed by atoms with Gasteiger partial charge in [0, 0.05) is 5.69 Å². The van der Waals surface area contributed by atoms with Gasteiger partial charge < -0.3 is 5.32 Å². The molecule has 1 aliphatic heterocycles. The Labute approximate surface area is 110 Å². The number of nitrogens with one attached hydrogen (secondary N) is 1. The smallest absolute Gasteiger partial charge is 0.335 e. The second-order valence-electron chi connectivity index (χ2n) is 4.36. The van der Waals surface area contributed by atoms with Crippen LogP contribution >= 0.6 is 0 Å². The minimum Gasteiger partial charge on any atom is -0.380 e. The fourth-order valence-electron chi connectivity index (χ4n) is 1.94. The van der Waals surface area contributed by atoms with E-state index in [1.807, 2.05) is 26.0 Å². The number of anilines is 1. The molecule has 0 spiro atoms. The predicted octanol–water partition coefficient (Wildman–Crippen LogP) is 0.842. The van der Waals surface area contributed by atoms with Crippen molar-refractivity contribution < 1.29 is 16.8 Å². The summed E-state index contributed by atoms with van der Waals surface area (Å²) in [6.07, 6.45) is 0. The topological polar surface area (TPSA) is 80.3 Å². The van der Waals surface area contributed by atoms with Crippen molar-refractivity contribution in [2.75, 3.05) is 16.8 Å². The highest BCUT2D eigenvalue weighted by Crippen LogP contribution is 2.19. The quantitative estimate of drug-likeness (QED) is 0.872. The average Bonchev–Trinajstić information content (AvgIpc) is 2.13. The van der Waals surface area contributed by atoms with Crippen molar-refractivity contribution in [2.45, 2.75) is 19.9 Å². The molecule has 5 nitrogen and oxygen atoms in total. The first-order valence-corrected chi connectivity index (χ1v) is 7.82. The molecular formula is C11H15NO4S2. The van der Waals surface area contributed by atoms with Crippen molar-refractivity contribution >= 4 is 27.1 Å². The molecule has 1 aromatic carbocycles. The van der Waals surface area contributed by atoms with Crippen LogP contribution in [0.4, 0.5) is 5.69 Å². The maximum absolute atomic E-state index is 11.0. The van der Waals surface area contributed by atoms with Crippen LogP contribution in [0.2, 0.25) is 0 Å². The summed E-state index contributed by atoms with van der Waals surface area (Å²) in [6, 6.07) is 6.27. The lowest BCUT2D eigenvalue weighted by molar-refractivity contribution is 0.570. The molecule has 0 aromatic heterocycles. The first kappa shape index (κ1) is 14.8. The van der Waals surface area contributed by atoms with E-state index in [-0.39, 0.29) is 17.5 Å². The molecule has 1 N–H and O–H groups in total. The average molecular weight is 289 g/mol. The maximum Gasteiger partial charge on any atom is 0.335 e. The summed E-state index contributed by atoms with van der Waals surface area (Å²) in [4.78, 5) is 0. The Morgan fingerprint density at radius 2 is 1.56 bits per heavy atom. The van der Waals surface area contributed by atoms with Crippen LogP contribution in [0.1, 0.15) is 11.1 Å². The molecule has 18 heavy (non-hydrogen) atoms. The lowest BCUT2D eigenvalue weighted by Gasteiger charge is -2.27. The SMILES string of the molecule is Cc1cc(C)cc(NC2CS(=O)(=O)C2)c1.O=S=O. The van der Waals surface area contributed by atoms with Crippen molar-refractivity contribution in [1.29, 1.82) is 0 Å². The zero-order valence-electron chi connectivity index (χ0n) is 10.2. The standard InChI is InChI=1S/C11H15NO2S.O2S/c1-8-3-9(2)5-10(4-8)12-11-6-15(13,14)7-11;1-3-2/h3-5,11-12H,6-7H2,1-2H3;. The number of rotatable bonds is 2. The minimum atomic E-state index is -2.73. The molecule has 0 amide bonds. The van der Waals surface area contributed by atoms with E-state index in [1.54, 1.807) is 0 Å². The van der Waals surface area contributed by atoms with Crippen LogP contribution < -0.4 is 5.32 Å². The van der Waals surface area contributed by atoms with Crippen LogP contribution in [0.15, 0.2) is 18.2 Å². The van der Waals surface area contributed by atoms with Crippen molar-refractivity contribution in [3.05, 3.63) is 29.3 Å². The molecule has 1 aromatic rings. The first-order chi connectivity index (χ1) is 8.36. The number of benzene rings is 1. The van der Waals surface area contributed by atoms with Gasteiger partial charge >= 0.3 is 11.6 Å². The number of sulfone groups is 1. The summed E-state index contributed by atoms with van der Waals surface area (Å²) in [5.41, 5.74) is 3.41. The van der Waals surface area contributed by atoms with Gasteiger partial charge in [0.1, 0.15) is 0 Å². The fraction of sp³-hybridized carbons (Fsp3) is 0.455. The van der Waals surface area contributed by atoms with Gasteiger partial charge in [-0.05, 0) is 37.1 Å². The molecule has 1 saturated heterocycles. The maximum atomic E-state index is 11.0. The molecule has 0 radical (unpaired) electrons. The third kappa shape index (κ3) is 4.58. The summed E-state index contributed by atoms with van der Waals surface area (Å²) >= 11 is -0.750. The fourth-order valence-corrected chi connectivity index (χ4v) is 3.24. The van der Waals surface area contributed by atoms with Gasteiger partial charge in [-0.25, -0.2) is 8.42 Å². The van der Waals surface area contributed by atoms with Crippen molar-refractivity contribution in [3.8, 4) is 0 Å². The van der Waals surface area contributed by atoms with E-state index in [9.17, 15) is 8.42 Å². The molecule has 0 saturated carbocycles. The second kappa shape index (κ2) is 6.10. The highest BCUT2D eigenvalue weighted by molar-refractivity contribution is 7.92. The van der Waals surface area contributed by atoms with Gasteiger partial charge in [0.05, 0.1) is 17.5 Å². The summed E-state index contributed by atoms with van der Waals surface area (Å²) in [5, 5.41) is 3.24. The van der Waals surface area contributed by atoms with Crippen molar-refractivity contribution in [1.82, 2.24) is 0 Å². The summed E-state index contributed by atoms with van der Waals surface area (Å²) in [6.45, 7) is 4.07. The molecular weight excluding hydrogens is 274 g/mol. The lowest BCUT2D eigenvalue weighted by atomic mass is 10.1. The molecule has 1 fully saturated rings. The van der Waals surface area contributed by atoms with Crippen LogP contribution in [0.25, 0.3) is 0 Å². The third-order valence-corrected chi connectivity index (χ3v) is 4.32. The van der Waals surface area contributed by atoms with Crippen LogP contribution in [0.3, 0.4) is 0 Å². The summed E-state index contributed by atoms with van der Waals surface area (Å²) in [5.74, 6) is 0.528. The summed E-state index contributed by atoms with van der Waals surface area (Å²) < 4.78 is 38.5. The van der Waals surface area contributed by atoms with Crippen LogP contribution in [0, 0.1) is 13.8 Å². The Morgan fingerprint density at radius 3 is 1.94 bits per heavy atom. The molecule has 1 heterocycles. The molecule has 0 bridgehead atoms. The molecule has 2 rings (SSSR count). The number of aryl methyl sites for hydroxylation is 2. The largest absolute Gasteiger partial charge is 0.380 e. The molecule has 0 aliphatic carbocycles. The number of hydrogen-bond acceptors (Lipinski definition) is 5. The van der Waals surface area contributed by atoms with E-state index in [4.69, 9.17) is 8.42 Å². The third-order valence-electron chi connectivity index (χ3n) is 2.50. The van der Waals surface area contributed by atoms with Crippen LogP contribution in [-0.2, 0) is 21.4 Å². The van der Waals surface area contributed by atoms with Crippen LogP contribution in [-0.4, -0.2) is 34.4 Å². The Bertz CT molecular complexity index is 530. The lowest BCUT2D eigenvalue weighted by Crippen LogP contribution is -2.46. The second-order valence-corrected chi connectivity index (χ2v) is 6.65. The Morgan fingerprint density at radius 1 is 1.11 bits per heavy atom. The number of hydrogen-bond donors (Lipinski definition) is 1. The highest BCUT2D eigenvalue weighted by Gasteiger charge is 2.33. The predicted molar refractivity (Wildman–Crippen MR) is 70.9 cm³/mol. The van der Waals surface area contributed by atoms with Crippen LogP contribution in [0.5, 0.6) is 0 Å². The monoisotopic (exact) mass is 289 g/mol. The van der Waals surface area contributed by atoms with Gasteiger partial charge in [0.25, 0.3) is 0 Å². The van der Waals surface area contributed by atoms with Gasteiger partial charge in [-0.2, -0.15) is 8.42 Å². The highest BCUT2D eigenvalue weighted by atomic mass is 32.2. The molecule has 0 atom stereocenters. The normalized spacial score (nSPS) is 17.0. The van der Waals surface area contributed by atoms with E-state index < -0.39 is 21.4 Å². The van der Waals surface area contributed by atoms with E-state index in [2.05, 4.69) is 11.4 Å². The van der Waals surface area contributed by atoms with E-state index in [0.29, 0.717) is 0 Å². The summed E-state index contributed by atoms with van der Waals surface area (Å²) in [7, 11) is -2.73. The van der Waals surface area contributed by atoms with Gasteiger partial charge in [-0.1, -0.05) is 6.07 Å². The van der Waals surface area contributed by atoms with Crippen molar-refractivity contribution in [2.24, 2.45) is 0 Å². The zero-order chi connectivity index (χ0) is 13.8. The van der Waals surface area contributed by atoms with E-state index in [1.165, 1.54) is 11.1 Å². The van der Waals surface area contributed by atoms with E-state index in [0.717, 1.165) is 5.69 Å². The first-order valence-electron chi connectivity index (χ1n) is 5.33. The molecule has 7 heteroatoms.